The number of nitrogens with one attached hydrogen (secondary N) is 2. The maximum Gasteiger partial charge on any atom is 0.255 e. The number of benzene rings is 5. The van der Waals surface area contributed by atoms with Gasteiger partial charge in [-0.1, -0.05) is 42.5 Å². The second kappa shape index (κ2) is 13.6. The minimum Gasteiger partial charge on any atom is -0.327 e. The molecule has 5 aromatic rings. The molecule has 2 aliphatic rings. The van der Waals surface area contributed by atoms with Crippen LogP contribution in [0.4, 0.5) is 20.2 Å². The van der Waals surface area contributed by atoms with Crippen molar-refractivity contribution in [2.24, 2.45) is 11.5 Å². The predicted molar refractivity (Wildman–Crippen MR) is 179 cm³/mol. The van der Waals surface area contributed by atoms with Crippen molar-refractivity contribution in [3.8, 4) is 0 Å². The highest BCUT2D eigenvalue weighted by atomic mass is 19.2. The molecular formula is C38H36F2N4O2. The van der Waals surface area contributed by atoms with E-state index in [9.17, 15) is 18.4 Å². The van der Waals surface area contributed by atoms with Gasteiger partial charge in [-0.15, -0.1) is 0 Å². The van der Waals surface area contributed by atoms with Crippen molar-refractivity contribution < 1.29 is 18.4 Å². The monoisotopic (exact) mass is 618 g/mol. The Balaban J connectivity index is 0.000000162. The molecule has 6 nitrogen and oxygen atoms in total. The maximum absolute atomic E-state index is 13.2. The highest BCUT2D eigenvalue weighted by Crippen LogP contribution is 2.26. The molecule has 8 heteroatoms. The third-order valence-electron chi connectivity index (χ3n) is 8.65. The minimum absolute atomic E-state index is 0.0757. The summed E-state index contributed by atoms with van der Waals surface area (Å²) in [6.07, 6.45) is 5.56. The molecule has 0 aliphatic heterocycles. The minimum atomic E-state index is -1.04. The van der Waals surface area contributed by atoms with Crippen LogP contribution in [0.25, 0.3) is 10.8 Å². The van der Waals surface area contributed by atoms with E-state index in [0.717, 1.165) is 67.1 Å². The van der Waals surface area contributed by atoms with Crippen molar-refractivity contribution in [1.82, 2.24) is 0 Å². The lowest BCUT2D eigenvalue weighted by molar-refractivity contribution is 0.101. The summed E-state index contributed by atoms with van der Waals surface area (Å²) in [5, 5.41) is 7.93. The second-order valence-corrected chi connectivity index (χ2v) is 12.1. The van der Waals surface area contributed by atoms with Gasteiger partial charge in [0, 0.05) is 34.6 Å². The topological polar surface area (TPSA) is 110 Å². The number of halogens is 2. The third kappa shape index (κ3) is 7.30. The van der Waals surface area contributed by atoms with E-state index in [1.807, 2.05) is 60.7 Å². The van der Waals surface area contributed by atoms with E-state index < -0.39 is 17.5 Å². The van der Waals surface area contributed by atoms with Crippen molar-refractivity contribution in [3.63, 3.8) is 0 Å². The summed E-state index contributed by atoms with van der Waals surface area (Å²) in [5.74, 6) is -2.55. The molecule has 5 aromatic carbocycles. The zero-order valence-electron chi connectivity index (χ0n) is 25.4. The Labute approximate surface area is 266 Å². The van der Waals surface area contributed by atoms with E-state index in [1.165, 1.54) is 28.3 Å². The van der Waals surface area contributed by atoms with Gasteiger partial charge in [0.2, 0.25) is 0 Å². The number of nitrogens with two attached hydrogens (primary N) is 2. The molecule has 0 bridgehead atoms. The highest BCUT2D eigenvalue weighted by Gasteiger charge is 2.18. The molecule has 0 unspecified atom stereocenters. The lowest BCUT2D eigenvalue weighted by Gasteiger charge is -2.22. The molecular weight excluding hydrogens is 582 g/mol. The van der Waals surface area contributed by atoms with Gasteiger partial charge in [-0.3, -0.25) is 9.59 Å². The molecule has 6 N–H and O–H groups in total. The van der Waals surface area contributed by atoms with Crippen LogP contribution in [0.15, 0.2) is 97.1 Å². The molecule has 46 heavy (non-hydrogen) atoms. The van der Waals surface area contributed by atoms with E-state index in [-0.39, 0.29) is 23.6 Å². The van der Waals surface area contributed by atoms with Crippen LogP contribution in [0.1, 0.15) is 55.8 Å². The number of aryl methyl sites for hydroxylation is 2. The Morgan fingerprint density at radius 3 is 1.65 bits per heavy atom. The summed E-state index contributed by atoms with van der Waals surface area (Å²) in [4.78, 5) is 24.6. The van der Waals surface area contributed by atoms with Crippen molar-refractivity contribution >= 4 is 34.0 Å². The fraction of sp³-hybridized carbons (Fsp3) is 0.211. The second-order valence-electron chi connectivity index (χ2n) is 12.1. The molecule has 2 amide bonds. The van der Waals surface area contributed by atoms with Crippen molar-refractivity contribution in [3.05, 3.63) is 142 Å². The van der Waals surface area contributed by atoms with Crippen molar-refractivity contribution in [2.75, 3.05) is 10.6 Å². The predicted octanol–water partition coefficient (Wildman–Crippen LogP) is 6.94. The van der Waals surface area contributed by atoms with Gasteiger partial charge in [-0.2, -0.15) is 0 Å². The third-order valence-corrected chi connectivity index (χ3v) is 8.65. The Morgan fingerprint density at radius 2 is 1.09 bits per heavy atom. The van der Waals surface area contributed by atoms with E-state index in [2.05, 4.69) is 22.8 Å². The van der Waals surface area contributed by atoms with Crippen molar-refractivity contribution in [1.29, 1.82) is 0 Å². The largest absolute Gasteiger partial charge is 0.327 e. The van der Waals surface area contributed by atoms with Gasteiger partial charge in [0.1, 0.15) is 0 Å². The van der Waals surface area contributed by atoms with Gasteiger partial charge in [-0.05, 0) is 126 Å². The Kier molecular flexibility index (Phi) is 9.19. The summed E-state index contributed by atoms with van der Waals surface area (Å²) < 4.78 is 26.1. The van der Waals surface area contributed by atoms with Gasteiger partial charge in [0.25, 0.3) is 11.8 Å². The summed E-state index contributed by atoms with van der Waals surface area (Å²) >= 11 is 0. The van der Waals surface area contributed by atoms with E-state index in [0.29, 0.717) is 11.3 Å². The summed E-state index contributed by atoms with van der Waals surface area (Å²) in [7, 11) is 0. The van der Waals surface area contributed by atoms with Crippen molar-refractivity contribution in [2.45, 2.75) is 50.6 Å². The molecule has 7 rings (SSSR count). The number of fused-ring (bicyclic) bond motifs is 3. The molecule has 0 saturated heterocycles. The first kappa shape index (κ1) is 31.1. The summed E-state index contributed by atoms with van der Waals surface area (Å²) in [6, 6.07) is 29.2. The number of hydrogen-bond acceptors (Lipinski definition) is 4. The molecule has 0 aromatic heterocycles. The number of rotatable bonds is 4. The number of carbonyl (C=O) groups is 2. The van der Waals surface area contributed by atoms with Crippen LogP contribution in [0, 0.1) is 11.6 Å². The van der Waals surface area contributed by atoms with Gasteiger partial charge < -0.3 is 22.1 Å². The lowest BCUT2D eigenvalue weighted by atomic mass is 9.88. The van der Waals surface area contributed by atoms with Gasteiger partial charge in [-0.25, -0.2) is 8.78 Å². The highest BCUT2D eigenvalue weighted by molar-refractivity contribution is 6.06. The lowest BCUT2D eigenvalue weighted by Crippen LogP contribution is -2.27. The van der Waals surface area contributed by atoms with Crippen LogP contribution < -0.4 is 22.1 Å². The standard InChI is InChI=1S/C21H20N2O.C17H16F2N2O/c22-19-9-7-17-13-20(10-8-16(17)12-19)23-21(24)18-6-5-14-3-1-2-4-15(14)11-18;18-15-6-3-12(9-16(15)19)17(22)21-14-5-2-10-7-13(20)4-1-11(10)8-14/h1-6,8,10-11,13,19H,7,9,12,22H2,(H,23,24);2-3,5-6,8-9,13H,1,4,7,20H2,(H,21,22)/t19-;13-/m00/s1. The zero-order chi connectivity index (χ0) is 32.2. The van der Waals surface area contributed by atoms with Crippen LogP contribution in [-0.2, 0) is 25.7 Å². The fourth-order valence-corrected chi connectivity index (χ4v) is 6.10. The summed E-state index contributed by atoms with van der Waals surface area (Å²) in [5.41, 5.74) is 19.2. The van der Waals surface area contributed by atoms with E-state index >= 15 is 0 Å². The Morgan fingerprint density at radius 1 is 0.565 bits per heavy atom. The Hall–Kier alpha value is -4.92. The summed E-state index contributed by atoms with van der Waals surface area (Å²) in [6.45, 7) is 0. The molecule has 0 fully saturated rings. The van der Waals surface area contributed by atoms with E-state index in [4.69, 9.17) is 11.5 Å². The van der Waals surface area contributed by atoms with Crippen LogP contribution in [0.3, 0.4) is 0 Å². The molecule has 0 heterocycles. The number of amides is 2. The van der Waals surface area contributed by atoms with Gasteiger partial charge in [0.05, 0.1) is 0 Å². The van der Waals surface area contributed by atoms with E-state index in [1.54, 1.807) is 6.07 Å². The average Bonchev–Trinajstić information content (AvgIpc) is 3.06. The molecule has 0 saturated carbocycles. The SMILES string of the molecule is N[C@H]1CCc2cc(NC(=O)c3ccc(F)c(F)c3)ccc2C1.N[C@H]1CCc2cc(NC(=O)c3ccc4ccccc4c3)ccc2C1. The fourth-order valence-electron chi connectivity index (χ4n) is 6.10. The normalized spacial score (nSPS) is 16.8. The quantitative estimate of drug-likeness (QED) is 0.175. The van der Waals surface area contributed by atoms with Crippen LogP contribution in [0.5, 0.6) is 0 Å². The van der Waals surface area contributed by atoms with Crippen LogP contribution in [-0.4, -0.2) is 23.9 Å². The number of carbonyl (C=O) groups excluding carboxylic acids is 2. The average molecular weight is 619 g/mol. The molecule has 0 radical (unpaired) electrons. The molecule has 2 atom stereocenters. The zero-order valence-corrected chi connectivity index (χ0v) is 25.4. The van der Waals surface area contributed by atoms with Crippen LogP contribution in [0.2, 0.25) is 0 Å². The number of hydrogen-bond donors (Lipinski definition) is 4. The first-order valence-electron chi connectivity index (χ1n) is 15.5. The molecule has 234 valence electrons. The van der Waals surface area contributed by atoms with Gasteiger partial charge >= 0.3 is 0 Å². The first-order valence-corrected chi connectivity index (χ1v) is 15.5. The Bertz CT molecular complexity index is 1930. The van der Waals surface area contributed by atoms with Gasteiger partial charge in [0.15, 0.2) is 11.6 Å². The smallest absolute Gasteiger partial charge is 0.255 e. The van der Waals surface area contributed by atoms with Crippen LogP contribution >= 0.6 is 0 Å². The maximum atomic E-state index is 13.2. The first-order chi connectivity index (χ1) is 22.2. The molecule has 2 aliphatic carbocycles. The number of anilines is 2. The molecule has 0 spiro atoms.